The van der Waals surface area contributed by atoms with E-state index in [1.165, 1.54) is 0 Å². The molecule has 1 aromatic heterocycles. The SMILES string of the molecule is CNC(=O)[C@H]1CCCN(C(=O)c2ccc(-c3ccccc3)[nH]c2=O)C1. The monoisotopic (exact) mass is 339 g/mol. The fourth-order valence-corrected chi connectivity index (χ4v) is 3.18. The summed E-state index contributed by atoms with van der Waals surface area (Å²) in [5.41, 5.74) is 1.26. The molecular weight excluding hydrogens is 318 g/mol. The number of H-pyrrole nitrogens is 1. The van der Waals surface area contributed by atoms with Crippen LogP contribution in [0, 0.1) is 5.92 Å². The van der Waals surface area contributed by atoms with Crippen LogP contribution in [0.2, 0.25) is 0 Å². The Kier molecular flexibility index (Phi) is 4.97. The smallest absolute Gasteiger partial charge is 0.261 e. The van der Waals surface area contributed by atoms with Gasteiger partial charge in [0.05, 0.1) is 5.92 Å². The number of hydrogen-bond acceptors (Lipinski definition) is 3. The van der Waals surface area contributed by atoms with Crippen LogP contribution in [-0.2, 0) is 4.79 Å². The van der Waals surface area contributed by atoms with E-state index in [0.717, 1.165) is 18.4 Å². The summed E-state index contributed by atoms with van der Waals surface area (Å²) < 4.78 is 0. The molecule has 1 aromatic carbocycles. The molecular formula is C19H21N3O3. The number of nitrogens with zero attached hydrogens (tertiary/aromatic N) is 1. The van der Waals surface area contributed by atoms with Gasteiger partial charge in [-0.05, 0) is 30.5 Å². The maximum Gasteiger partial charge on any atom is 0.261 e. The summed E-state index contributed by atoms with van der Waals surface area (Å²) in [5.74, 6) is -0.606. The lowest BCUT2D eigenvalue weighted by atomic mass is 9.96. The number of aromatic amines is 1. The van der Waals surface area contributed by atoms with E-state index in [1.807, 2.05) is 30.3 Å². The van der Waals surface area contributed by atoms with Crippen LogP contribution in [0.15, 0.2) is 47.3 Å². The summed E-state index contributed by atoms with van der Waals surface area (Å²) in [5, 5.41) is 2.63. The van der Waals surface area contributed by atoms with Crippen molar-refractivity contribution in [2.45, 2.75) is 12.8 Å². The highest BCUT2D eigenvalue weighted by Gasteiger charge is 2.29. The van der Waals surface area contributed by atoms with E-state index in [-0.39, 0.29) is 23.3 Å². The molecule has 2 heterocycles. The second-order valence-electron chi connectivity index (χ2n) is 6.19. The van der Waals surface area contributed by atoms with Crippen molar-refractivity contribution in [1.29, 1.82) is 0 Å². The molecule has 2 aromatic rings. The van der Waals surface area contributed by atoms with Crippen molar-refractivity contribution in [3.8, 4) is 11.3 Å². The maximum atomic E-state index is 12.7. The number of piperidine rings is 1. The van der Waals surface area contributed by atoms with Crippen molar-refractivity contribution in [2.24, 2.45) is 5.92 Å². The highest BCUT2D eigenvalue weighted by molar-refractivity contribution is 5.94. The lowest BCUT2D eigenvalue weighted by Gasteiger charge is -2.31. The molecule has 0 bridgehead atoms. The fourth-order valence-electron chi connectivity index (χ4n) is 3.18. The summed E-state index contributed by atoms with van der Waals surface area (Å²) in [7, 11) is 1.59. The Hall–Kier alpha value is -2.89. The number of carbonyl (C=O) groups is 2. The molecule has 25 heavy (non-hydrogen) atoms. The highest BCUT2D eigenvalue weighted by Crippen LogP contribution is 2.19. The van der Waals surface area contributed by atoms with Crippen LogP contribution in [0.3, 0.4) is 0 Å². The van der Waals surface area contributed by atoms with Gasteiger partial charge >= 0.3 is 0 Å². The van der Waals surface area contributed by atoms with Crippen LogP contribution >= 0.6 is 0 Å². The Labute approximate surface area is 145 Å². The molecule has 2 N–H and O–H groups in total. The van der Waals surface area contributed by atoms with Gasteiger partial charge < -0.3 is 15.2 Å². The second-order valence-corrected chi connectivity index (χ2v) is 6.19. The van der Waals surface area contributed by atoms with E-state index in [0.29, 0.717) is 18.8 Å². The summed E-state index contributed by atoms with van der Waals surface area (Å²) >= 11 is 0. The lowest BCUT2D eigenvalue weighted by Crippen LogP contribution is -2.45. The first-order valence-corrected chi connectivity index (χ1v) is 8.39. The van der Waals surface area contributed by atoms with Gasteiger partial charge in [0.2, 0.25) is 5.91 Å². The van der Waals surface area contributed by atoms with E-state index in [9.17, 15) is 14.4 Å². The van der Waals surface area contributed by atoms with E-state index in [2.05, 4.69) is 10.3 Å². The number of rotatable bonds is 3. The molecule has 0 radical (unpaired) electrons. The van der Waals surface area contributed by atoms with Crippen LogP contribution in [0.5, 0.6) is 0 Å². The van der Waals surface area contributed by atoms with Crippen molar-refractivity contribution in [3.05, 3.63) is 58.4 Å². The maximum absolute atomic E-state index is 12.7. The van der Waals surface area contributed by atoms with Gasteiger partial charge in [0.15, 0.2) is 0 Å². The van der Waals surface area contributed by atoms with E-state index in [4.69, 9.17) is 0 Å². The van der Waals surface area contributed by atoms with Crippen molar-refractivity contribution in [1.82, 2.24) is 15.2 Å². The number of amides is 2. The molecule has 0 unspecified atom stereocenters. The first-order valence-electron chi connectivity index (χ1n) is 8.39. The van der Waals surface area contributed by atoms with E-state index in [1.54, 1.807) is 24.1 Å². The molecule has 130 valence electrons. The van der Waals surface area contributed by atoms with Gasteiger partial charge in [-0.2, -0.15) is 0 Å². The van der Waals surface area contributed by atoms with Gasteiger partial charge in [-0.15, -0.1) is 0 Å². The van der Waals surface area contributed by atoms with Gasteiger partial charge in [0, 0.05) is 25.8 Å². The number of likely N-dealkylation sites (tertiary alicyclic amines) is 1. The van der Waals surface area contributed by atoms with Crippen molar-refractivity contribution < 1.29 is 9.59 Å². The molecule has 0 spiro atoms. The number of carbonyl (C=O) groups excluding carboxylic acids is 2. The zero-order chi connectivity index (χ0) is 17.8. The van der Waals surface area contributed by atoms with E-state index >= 15 is 0 Å². The van der Waals surface area contributed by atoms with Crippen LogP contribution in [0.4, 0.5) is 0 Å². The van der Waals surface area contributed by atoms with Crippen molar-refractivity contribution in [3.63, 3.8) is 0 Å². The molecule has 6 heteroatoms. The summed E-state index contributed by atoms with van der Waals surface area (Å²) in [4.78, 5) is 41.3. The third-order valence-corrected chi connectivity index (χ3v) is 4.55. The van der Waals surface area contributed by atoms with Gasteiger partial charge in [0.1, 0.15) is 5.56 Å². The van der Waals surface area contributed by atoms with Crippen LogP contribution in [-0.4, -0.2) is 41.8 Å². The Morgan fingerprint density at radius 2 is 1.92 bits per heavy atom. The average molecular weight is 339 g/mol. The number of nitrogens with one attached hydrogen (secondary N) is 2. The molecule has 2 amide bonds. The minimum atomic E-state index is -0.409. The third-order valence-electron chi connectivity index (χ3n) is 4.55. The molecule has 1 atom stereocenters. The van der Waals surface area contributed by atoms with Crippen molar-refractivity contribution >= 4 is 11.8 Å². The third kappa shape index (κ3) is 3.63. The molecule has 0 aliphatic carbocycles. The molecule has 1 aliphatic heterocycles. The zero-order valence-electron chi connectivity index (χ0n) is 14.1. The van der Waals surface area contributed by atoms with Crippen LogP contribution < -0.4 is 10.9 Å². The first-order chi connectivity index (χ1) is 12.1. The zero-order valence-corrected chi connectivity index (χ0v) is 14.1. The van der Waals surface area contributed by atoms with Gasteiger partial charge in [-0.1, -0.05) is 30.3 Å². The number of pyridine rings is 1. The average Bonchev–Trinajstić information content (AvgIpc) is 2.67. The Balaban J connectivity index is 1.81. The highest BCUT2D eigenvalue weighted by atomic mass is 16.2. The quantitative estimate of drug-likeness (QED) is 0.892. The summed E-state index contributed by atoms with van der Waals surface area (Å²) in [6.07, 6.45) is 1.51. The van der Waals surface area contributed by atoms with Crippen molar-refractivity contribution in [2.75, 3.05) is 20.1 Å². The Bertz CT molecular complexity index is 829. The van der Waals surface area contributed by atoms with Gasteiger partial charge in [0.25, 0.3) is 11.5 Å². The molecule has 0 saturated carbocycles. The number of hydrogen-bond donors (Lipinski definition) is 2. The van der Waals surface area contributed by atoms with Crippen LogP contribution in [0.1, 0.15) is 23.2 Å². The molecule has 1 saturated heterocycles. The molecule has 1 aliphatic rings. The molecule has 1 fully saturated rings. The first kappa shape index (κ1) is 17.0. The van der Waals surface area contributed by atoms with Gasteiger partial charge in [-0.3, -0.25) is 14.4 Å². The fraction of sp³-hybridized carbons (Fsp3) is 0.316. The topological polar surface area (TPSA) is 82.3 Å². The number of aromatic nitrogens is 1. The van der Waals surface area contributed by atoms with Gasteiger partial charge in [-0.25, -0.2) is 0 Å². The van der Waals surface area contributed by atoms with Crippen LogP contribution in [0.25, 0.3) is 11.3 Å². The Morgan fingerprint density at radius 3 is 2.60 bits per heavy atom. The van der Waals surface area contributed by atoms with E-state index < -0.39 is 5.56 Å². The Morgan fingerprint density at radius 1 is 1.16 bits per heavy atom. The minimum absolute atomic E-state index is 0.0640. The lowest BCUT2D eigenvalue weighted by molar-refractivity contribution is -0.125. The predicted molar refractivity (Wildman–Crippen MR) is 95.2 cm³/mol. The molecule has 6 nitrogen and oxygen atoms in total. The summed E-state index contributed by atoms with van der Waals surface area (Å²) in [6, 6.07) is 12.8. The number of benzene rings is 1. The normalized spacial score (nSPS) is 17.2. The summed E-state index contributed by atoms with van der Waals surface area (Å²) in [6.45, 7) is 0.907. The molecule has 3 rings (SSSR count). The standard InChI is InChI=1S/C19H21N3O3/c1-20-17(23)14-8-5-11-22(12-14)19(25)15-9-10-16(21-18(15)24)13-6-3-2-4-7-13/h2-4,6-7,9-10,14H,5,8,11-12H2,1H3,(H,20,23)(H,21,24)/t14-/m0/s1. The minimum Gasteiger partial charge on any atom is -0.359 e. The largest absolute Gasteiger partial charge is 0.359 e. The predicted octanol–water partition coefficient (Wildman–Crippen LogP) is 1.64. The second kappa shape index (κ2) is 7.34.